The number of nitrogens with zero attached hydrogens (tertiary/aromatic N) is 2. The number of carbonyl (C=O) groups is 2. The molecule has 0 radical (unpaired) electrons. The molecule has 2 amide bonds. The largest absolute Gasteiger partial charge is 0.449 e. The van der Waals surface area contributed by atoms with Crippen molar-refractivity contribution < 1.29 is 19.1 Å². The van der Waals surface area contributed by atoms with Crippen LogP contribution in [0.15, 0.2) is 12.1 Å². The number of hydrogen-bond donors (Lipinski definition) is 0. The third-order valence-electron chi connectivity index (χ3n) is 4.96. The van der Waals surface area contributed by atoms with Gasteiger partial charge in [-0.25, -0.2) is 9.59 Å². The summed E-state index contributed by atoms with van der Waals surface area (Å²) >= 11 is 0. The first kappa shape index (κ1) is 19.5. The molecule has 2 heterocycles. The van der Waals surface area contributed by atoms with Crippen LogP contribution in [0.4, 0.5) is 15.3 Å². The highest BCUT2D eigenvalue weighted by atomic mass is 16.6. The molecular weight excluding hydrogens is 344 g/mol. The van der Waals surface area contributed by atoms with E-state index >= 15 is 0 Å². The second-order valence-corrected chi connectivity index (χ2v) is 8.17. The number of aryl methyl sites for hydroxylation is 1. The van der Waals surface area contributed by atoms with Crippen molar-refractivity contribution >= 4 is 17.9 Å². The monoisotopic (exact) mass is 374 g/mol. The fourth-order valence-electron chi connectivity index (χ4n) is 3.72. The maximum atomic E-state index is 12.4. The number of carbonyl (C=O) groups excluding carboxylic acids is 2. The minimum Gasteiger partial charge on any atom is -0.449 e. The van der Waals surface area contributed by atoms with Crippen molar-refractivity contribution in [2.75, 3.05) is 31.1 Å². The molecule has 3 rings (SSSR count). The third-order valence-corrected chi connectivity index (χ3v) is 4.96. The lowest BCUT2D eigenvalue weighted by Crippen LogP contribution is -2.38. The third kappa shape index (κ3) is 4.54. The average molecular weight is 374 g/mol. The summed E-state index contributed by atoms with van der Waals surface area (Å²) < 4.78 is 10.7. The standard InChI is InChI=1S/C21H30N2O4/c1-5-26-20(25)23-10-6-7-17-13-15-8-11-22(19(24)27-21(2,3)4)12-9-16(15)14-18(17)23/h13-14H,5-12H2,1-4H3. The van der Waals surface area contributed by atoms with Gasteiger partial charge in [-0.2, -0.15) is 0 Å². The van der Waals surface area contributed by atoms with E-state index in [1.54, 1.807) is 9.80 Å². The molecule has 0 atom stereocenters. The molecule has 0 aromatic heterocycles. The smallest absolute Gasteiger partial charge is 0.414 e. The summed E-state index contributed by atoms with van der Waals surface area (Å²) in [7, 11) is 0. The zero-order valence-corrected chi connectivity index (χ0v) is 16.8. The Morgan fingerprint density at radius 3 is 2.26 bits per heavy atom. The SMILES string of the molecule is CCOC(=O)N1CCCc2cc3c(cc21)CCN(C(=O)OC(C)(C)C)CC3. The van der Waals surface area contributed by atoms with Gasteiger partial charge in [0.05, 0.1) is 12.3 Å². The first-order valence-electron chi connectivity index (χ1n) is 9.85. The van der Waals surface area contributed by atoms with E-state index < -0.39 is 5.60 Å². The van der Waals surface area contributed by atoms with Crippen molar-refractivity contribution in [3.05, 3.63) is 28.8 Å². The van der Waals surface area contributed by atoms with Crippen molar-refractivity contribution in [3.8, 4) is 0 Å². The Balaban J connectivity index is 1.79. The summed E-state index contributed by atoms with van der Waals surface area (Å²) in [5, 5.41) is 0. The molecule has 0 spiro atoms. The number of rotatable bonds is 1. The number of anilines is 1. The molecule has 0 saturated carbocycles. The summed E-state index contributed by atoms with van der Waals surface area (Å²) in [4.78, 5) is 28.3. The van der Waals surface area contributed by atoms with E-state index in [0.717, 1.165) is 31.4 Å². The molecule has 0 N–H and O–H groups in total. The molecule has 0 bridgehead atoms. The van der Waals surface area contributed by atoms with Gasteiger partial charge in [0.2, 0.25) is 0 Å². The van der Waals surface area contributed by atoms with Crippen LogP contribution in [-0.4, -0.2) is 48.9 Å². The Labute approximate surface area is 161 Å². The lowest BCUT2D eigenvalue weighted by molar-refractivity contribution is 0.0258. The Kier molecular flexibility index (Phi) is 5.63. The predicted molar refractivity (Wildman–Crippen MR) is 104 cm³/mol. The van der Waals surface area contributed by atoms with Gasteiger partial charge >= 0.3 is 12.2 Å². The van der Waals surface area contributed by atoms with E-state index in [1.165, 1.54) is 16.7 Å². The molecule has 0 saturated heterocycles. The molecule has 2 aliphatic rings. The molecule has 0 unspecified atom stereocenters. The van der Waals surface area contributed by atoms with E-state index in [9.17, 15) is 9.59 Å². The zero-order valence-electron chi connectivity index (χ0n) is 16.8. The van der Waals surface area contributed by atoms with Crippen LogP contribution >= 0.6 is 0 Å². The van der Waals surface area contributed by atoms with Gasteiger partial charge in [-0.3, -0.25) is 4.90 Å². The maximum absolute atomic E-state index is 12.4. The minimum absolute atomic E-state index is 0.256. The van der Waals surface area contributed by atoms with Gasteiger partial charge in [0.1, 0.15) is 5.60 Å². The molecular formula is C21H30N2O4. The van der Waals surface area contributed by atoms with Crippen LogP contribution in [0.1, 0.15) is 50.8 Å². The van der Waals surface area contributed by atoms with Crippen LogP contribution in [0.3, 0.4) is 0 Å². The Bertz CT molecular complexity index is 724. The van der Waals surface area contributed by atoms with Crippen LogP contribution in [0.5, 0.6) is 0 Å². The van der Waals surface area contributed by atoms with Gasteiger partial charge in [-0.1, -0.05) is 6.07 Å². The summed E-state index contributed by atoms with van der Waals surface area (Å²) in [6, 6.07) is 4.34. The lowest BCUT2D eigenvalue weighted by Gasteiger charge is -2.30. The average Bonchev–Trinajstić information content (AvgIpc) is 2.80. The van der Waals surface area contributed by atoms with Gasteiger partial charge in [-0.15, -0.1) is 0 Å². The van der Waals surface area contributed by atoms with Crippen molar-refractivity contribution in [3.63, 3.8) is 0 Å². The van der Waals surface area contributed by atoms with Gasteiger partial charge in [0, 0.05) is 19.6 Å². The second-order valence-electron chi connectivity index (χ2n) is 8.17. The highest BCUT2D eigenvalue weighted by Crippen LogP contribution is 2.32. The molecule has 0 fully saturated rings. The van der Waals surface area contributed by atoms with Crippen LogP contribution < -0.4 is 4.90 Å². The van der Waals surface area contributed by atoms with Crippen LogP contribution in [-0.2, 0) is 28.7 Å². The highest BCUT2D eigenvalue weighted by Gasteiger charge is 2.28. The minimum atomic E-state index is -0.491. The van der Waals surface area contributed by atoms with Gasteiger partial charge < -0.3 is 14.4 Å². The van der Waals surface area contributed by atoms with E-state index in [4.69, 9.17) is 9.47 Å². The molecule has 2 aliphatic heterocycles. The molecule has 148 valence electrons. The Hall–Kier alpha value is -2.24. The fourth-order valence-corrected chi connectivity index (χ4v) is 3.72. The van der Waals surface area contributed by atoms with Crippen molar-refractivity contribution in [1.82, 2.24) is 4.90 Å². The van der Waals surface area contributed by atoms with Crippen molar-refractivity contribution in [2.45, 2.75) is 59.0 Å². The number of benzene rings is 1. The summed E-state index contributed by atoms with van der Waals surface area (Å²) in [5.41, 5.74) is 4.14. The van der Waals surface area contributed by atoms with Crippen LogP contribution in [0, 0.1) is 0 Å². The van der Waals surface area contributed by atoms with Crippen molar-refractivity contribution in [2.24, 2.45) is 0 Å². The second kappa shape index (κ2) is 7.79. The molecule has 27 heavy (non-hydrogen) atoms. The van der Waals surface area contributed by atoms with Gasteiger partial charge in [0.25, 0.3) is 0 Å². The van der Waals surface area contributed by atoms with Crippen LogP contribution in [0.25, 0.3) is 0 Å². The van der Waals surface area contributed by atoms with Crippen LogP contribution in [0.2, 0.25) is 0 Å². The first-order chi connectivity index (χ1) is 12.8. The first-order valence-corrected chi connectivity index (χ1v) is 9.85. The van der Waals surface area contributed by atoms with Gasteiger partial charge in [-0.05, 0) is 76.1 Å². The number of ether oxygens (including phenoxy) is 2. The van der Waals surface area contributed by atoms with E-state index in [1.807, 2.05) is 27.7 Å². The van der Waals surface area contributed by atoms with E-state index in [2.05, 4.69) is 12.1 Å². The molecule has 1 aromatic carbocycles. The topological polar surface area (TPSA) is 59.1 Å². The van der Waals surface area contributed by atoms with E-state index in [0.29, 0.717) is 26.2 Å². The number of amides is 2. The predicted octanol–water partition coefficient (Wildman–Crippen LogP) is 3.93. The Morgan fingerprint density at radius 1 is 0.963 bits per heavy atom. The molecule has 6 nitrogen and oxygen atoms in total. The van der Waals surface area contributed by atoms with E-state index in [-0.39, 0.29) is 12.2 Å². The summed E-state index contributed by atoms with van der Waals surface area (Å²) in [6.07, 6.45) is 2.94. The zero-order chi connectivity index (χ0) is 19.6. The highest BCUT2D eigenvalue weighted by molar-refractivity contribution is 5.89. The molecule has 1 aromatic rings. The summed E-state index contributed by atoms with van der Waals surface area (Å²) in [6.45, 7) is 9.82. The lowest BCUT2D eigenvalue weighted by atomic mass is 9.93. The van der Waals surface area contributed by atoms with Crippen molar-refractivity contribution in [1.29, 1.82) is 0 Å². The fraction of sp³-hybridized carbons (Fsp3) is 0.619. The quantitative estimate of drug-likeness (QED) is 0.747. The molecule has 6 heteroatoms. The maximum Gasteiger partial charge on any atom is 0.414 e. The molecule has 0 aliphatic carbocycles. The van der Waals surface area contributed by atoms with Gasteiger partial charge in [0.15, 0.2) is 0 Å². The Morgan fingerprint density at radius 2 is 1.63 bits per heavy atom. The normalized spacial score (nSPS) is 16.9. The number of hydrogen-bond acceptors (Lipinski definition) is 4. The summed E-state index contributed by atoms with van der Waals surface area (Å²) in [5.74, 6) is 0. The number of fused-ring (bicyclic) bond motifs is 2.